The number of sulfonamides is 1. The number of nitrogens with zero attached hydrogens (tertiary/aromatic N) is 1. The third-order valence-corrected chi connectivity index (χ3v) is 6.74. The maximum absolute atomic E-state index is 13.6. The summed E-state index contributed by atoms with van der Waals surface area (Å²) in [4.78, 5) is 0. The predicted octanol–water partition coefficient (Wildman–Crippen LogP) is 2.96. The van der Waals surface area contributed by atoms with Gasteiger partial charge in [-0.25, -0.2) is 12.8 Å². The molecule has 0 bridgehead atoms. The molecule has 0 aliphatic rings. The Morgan fingerprint density at radius 3 is 2.56 bits per heavy atom. The number of ether oxygens (including phenoxy) is 1. The summed E-state index contributed by atoms with van der Waals surface area (Å²) in [6, 6.07) is 5.09. The van der Waals surface area contributed by atoms with Gasteiger partial charge in [-0.1, -0.05) is 32.6 Å². The summed E-state index contributed by atoms with van der Waals surface area (Å²) in [7, 11) is -4.99. The van der Waals surface area contributed by atoms with Crippen LogP contribution in [0.15, 0.2) is 12.1 Å². The molecule has 6 nitrogen and oxygen atoms in total. The first-order chi connectivity index (χ1) is 11.5. The fourth-order valence-electron chi connectivity index (χ4n) is 2.12. The molecule has 0 spiro atoms. The summed E-state index contributed by atoms with van der Waals surface area (Å²) in [5, 5.41) is 9.31. The van der Waals surface area contributed by atoms with Crippen LogP contribution in [0.4, 0.5) is 10.1 Å². The number of hydrogen-bond donors (Lipinski definition) is 2. The molecule has 0 heterocycles. The average Bonchev–Trinajstić information content (AvgIpc) is 2.47. The third kappa shape index (κ3) is 6.74. The molecule has 1 aromatic rings. The van der Waals surface area contributed by atoms with E-state index >= 15 is 0 Å². The molecule has 3 N–H and O–H groups in total. The molecule has 0 saturated carbocycles. The SMILES string of the molecule is CCCS(=O)(=O)NC(OCC[Si](C)(C)C)c1ccc(F)c(N)c1C#N. The summed E-state index contributed by atoms with van der Waals surface area (Å²) < 4.78 is 46.1. The van der Waals surface area contributed by atoms with Crippen molar-refractivity contribution < 1.29 is 17.5 Å². The summed E-state index contributed by atoms with van der Waals surface area (Å²) in [6.45, 7) is 8.59. The van der Waals surface area contributed by atoms with Gasteiger partial charge in [0.25, 0.3) is 0 Å². The number of anilines is 1. The van der Waals surface area contributed by atoms with E-state index < -0.39 is 30.1 Å². The Kier molecular flexibility index (Phi) is 7.56. The van der Waals surface area contributed by atoms with Crippen molar-refractivity contribution in [1.29, 1.82) is 5.26 Å². The van der Waals surface area contributed by atoms with Gasteiger partial charge in [0.15, 0.2) is 0 Å². The van der Waals surface area contributed by atoms with Crippen LogP contribution < -0.4 is 10.5 Å². The second-order valence-corrected chi connectivity index (χ2v) is 14.5. The summed E-state index contributed by atoms with van der Waals surface area (Å²) in [5.41, 5.74) is 5.42. The van der Waals surface area contributed by atoms with Gasteiger partial charge in [-0.05, 0) is 18.5 Å². The maximum Gasteiger partial charge on any atom is 0.214 e. The van der Waals surface area contributed by atoms with Crippen molar-refractivity contribution in [1.82, 2.24) is 4.72 Å². The van der Waals surface area contributed by atoms with Crippen LogP contribution in [0.25, 0.3) is 0 Å². The van der Waals surface area contributed by atoms with E-state index in [2.05, 4.69) is 24.4 Å². The Labute approximate surface area is 150 Å². The summed E-state index contributed by atoms with van der Waals surface area (Å²) >= 11 is 0. The molecule has 0 aromatic heterocycles. The van der Waals surface area contributed by atoms with Gasteiger partial charge in [-0.15, -0.1) is 0 Å². The van der Waals surface area contributed by atoms with Gasteiger partial charge in [0.2, 0.25) is 10.0 Å². The molecule has 1 aromatic carbocycles. The molecular formula is C16H26FN3O3SSi. The van der Waals surface area contributed by atoms with Crippen molar-refractivity contribution >= 4 is 23.8 Å². The zero-order valence-electron chi connectivity index (χ0n) is 15.1. The Bertz CT molecular complexity index is 742. The normalized spacial score (nSPS) is 13.4. The van der Waals surface area contributed by atoms with Crippen LogP contribution in [0, 0.1) is 17.1 Å². The van der Waals surface area contributed by atoms with Crippen molar-refractivity contribution in [3.05, 3.63) is 29.1 Å². The van der Waals surface area contributed by atoms with Crippen LogP contribution in [-0.2, 0) is 14.8 Å². The monoisotopic (exact) mass is 387 g/mol. The van der Waals surface area contributed by atoms with Gasteiger partial charge in [0, 0.05) is 20.2 Å². The first-order valence-corrected chi connectivity index (χ1v) is 13.5. The average molecular weight is 388 g/mol. The number of rotatable bonds is 9. The minimum Gasteiger partial charge on any atom is -0.395 e. The van der Waals surface area contributed by atoms with Gasteiger partial charge in [0.1, 0.15) is 18.1 Å². The molecule has 9 heteroatoms. The number of halogens is 1. The van der Waals surface area contributed by atoms with Crippen molar-refractivity contribution in [3.8, 4) is 6.07 Å². The second-order valence-electron chi connectivity index (χ2n) is 7.04. The minimum atomic E-state index is -3.60. The van der Waals surface area contributed by atoms with Crippen molar-refractivity contribution in [2.75, 3.05) is 18.1 Å². The van der Waals surface area contributed by atoms with Crippen LogP contribution in [-0.4, -0.2) is 28.9 Å². The van der Waals surface area contributed by atoms with Gasteiger partial charge in [-0.2, -0.15) is 9.98 Å². The molecule has 0 fully saturated rings. The van der Waals surface area contributed by atoms with E-state index in [1.165, 1.54) is 6.07 Å². The van der Waals surface area contributed by atoms with E-state index in [1.54, 1.807) is 6.92 Å². The standard InChI is InChI=1S/C16H26FN3O3SSi/c1-5-9-24(21,22)20-16(23-8-10-25(2,3)4)12-6-7-14(17)15(19)13(12)11-18/h6-7,16,20H,5,8-10,19H2,1-4H3. The number of benzene rings is 1. The lowest BCUT2D eigenvalue weighted by atomic mass is 10.0. The molecule has 0 amide bonds. The van der Waals surface area contributed by atoms with Crippen LogP contribution in [0.5, 0.6) is 0 Å². The van der Waals surface area contributed by atoms with E-state index in [0.717, 1.165) is 12.1 Å². The zero-order chi connectivity index (χ0) is 19.3. The lowest BCUT2D eigenvalue weighted by Crippen LogP contribution is -2.34. The highest BCUT2D eigenvalue weighted by atomic mass is 32.2. The maximum atomic E-state index is 13.6. The van der Waals surface area contributed by atoms with E-state index in [0.29, 0.717) is 13.0 Å². The van der Waals surface area contributed by atoms with E-state index in [9.17, 15) is 18.1 Å². The number of nitrogens with one attached hydrogen (secondary N) is 1. The molecule has 1 atom stereocenters. The highest BCUT2D eigenvalue weighted by molar-refractivity contribution is 7.89. The fourth-order valence-corrected chi connectivity index (χ4v) is 4.02. The smallest absolute Gasteiger partial charge is 0.214 e. The van der Waals surface area contributed by atoms with Crippen LogP contribution in [0.3, 0.4) is 0 Å². The number of nitriles is 1. The lowest BCUT2D eigenvalue weighted by molar-refractivity contribution is 0.0538. The van der Waals surface area contributed by atoms with E-state index in [-0.39, 0.29) is 22.6 Å². The molecule has 1 rings (SSSR count). The van der Waals surface area contributed by atoms with E-state index in [4.69, 9.17) is 10.5 Å². The summed E-state index contributed by atoms with van der Waals surface area (Å²) in [5.74, 6) is -0.794. The lowest BCUT2D eigenvalue weighted by Gasteiger charge is -2.23. The minimum absolute atomic E-state index is 0.0700. The Morgan fingerprint density at radius 1 is 1.40 bits per heavy atom. The Balaban J connectivity index is 3.19. The molecule has 25 heavy (non-hydrogen) atoms. The van der Waals surface area contributed by atoms with Gasteiger partial charge in [-0.3, -0.25) is 0 Å². The van der Waals surface area contributed by atoms with Crippen LogP contribution in [0.1, 0.15) is 30.7 Å². The molecular weight excluding hydrogens is 361 g/mol. The zero-order valence-corrected chi connectivity index (χ0v) is 16.9. The van der Waals surface area contributed by atoms with Crippen molar-refractivity contribution in [2.24, 2.45) is 0 Å². The number of nitrogens with two attached hydrogens (primary N) is 1. The highest BCUT2D eigenvalue weighted by Crippen LogP contribution is 2.27. The van der Waals surface area contributed by atoms with Gasteiger partial charge < -0.3 is 10.5 Å². The largest absolute Gasteiger partial charge is 0.395 e. The van der Waals surface area contributed by atoms with Crippen LogP contribution >= 0.6 is 0 Å². The first kappa shape index (κ1) is 21.6. The second kappa shape index (κ2) is 8.76. The molecule has 0 radical (unpaired) electrons. The molecule has 0 saturated heterocycles. The topological polar surface area (TPSA) is 105 Å². The molecule has 0 aliphatic carbocycles. The van der Waals surface area contributed by atoms with Crippen molar-refractivity contribution in [2.45, 2.75) is 45.3 Å². The van der Waals surface area contributed by atoms with E-state index in [1.807, 2.05) is 6.07 Å². The first-order valence-electron chi connectivity index (χ1n) is 8.10. The number of nitrogen functional groups attached to an aromatic ring is 1. The molecule has 0 aliphatic heterocycles. The number of hydrogen-bond acceptors (Lipinski definition) is 5. The van der Waals surface area contributed by atoms with Crippen molar-refractivity contribution in [3.63, 3.8) is 0 Å². The molecule has 140 valence electrons. The van der Waals surface area contributed by atoms with Gasteiger partial charge in [0.05, 0.1) is 17.0 Å². The predicted molar refractivity (Wildman–Crippen MR) is 99.6 cm³/mol. The fraction of sp³-hybridized carbons (Fsp3) is 0.562. The Morgan fingerprint density at radius 2 is 2.04 bits per heavy atom. The summed E-state index contributed by atoms with van der Waals surface area (Å²) in [6.07, 6.45) is -0.640. The third-order valence-electron chi connectivity index (χ3n) is 3.51. The highest BCUT2D eigenvalue weighted by Gasteiger charge is 2.25. The molecule has 1 unspecified atom stereocenters. The Hall–Kier alpha value is -1.47. The quantitative estimate of drug-likeness (QED) is 0.385. The van der Waals surface area contributed by atoms with Crippen LogP contribution in [0.2, 0.25) is 25.7 Å². The van der Waals surface area contributed by atoms with Gasteiger partial charge >= 0.3 is 0 Å².